The van der Waals surface area contributed by atoms with Crippen LogP contribution in [0.15, 0.2) is 29.8 Å². The van der Waals surface area contributed by atoms with Gasteiger partial charge in [-0.25, -0.2) is 4.79 Å². The Morgan fingerprint density at radius 2 is 2.15 bits per heavy atom. The normalized spacial score (nSPS) is 22.1. The summed E-state index contributed by atoms with van der Waals surface area (Å²) in [5.74, 6) is 1.63. The van der Waals surface area contributed by atoms with Gasteiger partial charge in [0.2, 0.25) is 0 Å². The second-order valence-electron chi connectivity index (χ2n) is 6.98. The summed E-state index contributed by atoms with van der Waals surface area (Å²) in [5.41, 5.74) is 0.693. The van der Waals surface area contributed by atoms with Crippen LogP contribution in [0.5, 0.6) is 11.5 Å². The number of carbonyl (C=O) groups is 1. The van der Waals surface area contributed by atoms with Gasteiger partial charge < -0.3 is 14.2 Å². The van der Waals surface area contributed by atoms with E-state index in [9.17, 15) is 10.1 Å². The van der Waals surface area contributed by atoms with Gasteiger partial charge in [0, 0.05) is 12.0 Å². The Morgan fingerprint density at radius 3 is 2.81 bits per heavy atom. The molecule has 26 heavy (non-hydrogen) atoms. The number of hydrogen-bond acceptors (Lipinski definition) is 5. The van der Waals surface area contributed by atoms with Crippen LogP contribution < -0.4 is 9.47 Å². The lowest BCUT2D eigenvalue weighted by Crippen LogP contribution is -2.29. The van der Waals surface area contributed by atoms with Crippen molar-refractivity contribution in [3.05, 3.63) is 35.4 Å². The molecule has 0 saturated heterocycles. The van der Waals surface area contributed by atoms with Gasteiger partial charge in [0.1, 0.15) is 0 Å². The third-order valence-corrected chi connectivity index (χ3v) is 5.09. The third kappa shape index (κ3) is 3.85. The second kappa shape index (κ2) is 7.82. The van der Waals surface area contributed by atoms with Crippen LogP contribution in [0.25, 0.3) is 0 Å². The van der Waals surface area contributed by atoms with Crippen LogP contribution in [0.4, 0.5) is 0 Å². The second-order valence-corrected chi connectivity index (χ2v) is 6.98. The van der Waals surface area contributed by atoms with Crippen molar-refractivity contribution in [3.63, 3.8) is 0 Å². The first kappa shape index (κ1) is 18.3. The van der Waals surface area contributed by atoms with Crippen molar-refractivity contribution in [2.75, 3.05) is 20.3 Å². The number of benzene rings is 1. The maximum absolute atomic E-state index is 12.1. The smallest absolute Gasteiger partial charge is 0.333 e. The Morgan fingerprint density at radius 1 is 1.35 bits per heavy atom. The van der Waals surface area contributed by atoms with Crippen LogP contribution in [0.2, 0.25) is 0 Å². The number of carbonyl (C=O) groups excluding carboxylic acids is 1. The maximum atomic E-state index is 12.1. The minimum absolute atomic E-state index is 0.328. The molecule has 1 fully saturated rings. The third-order valence-electron chi connectivity index (χ3n) is 5.09. The fourth-order valence-electron chi connectivity index (χ4n) is 3.34. The number of allylic oxidation sites excluding steroid dienone is 1. The summed E-state index contributed by atoms with van der Waals surface area (Å²) in [6, 6.07) is 8.11. The number of nitriles is 1. The van der Waals surface area contributed by atoms with Crippen molar-refractivity contribution in [3.8, 4) is 17.6 Å². The average Bonchev–Trinajstić information content (AvgIpc) is 3.50. The largest absolute Gasteiger partial charge is 0.493 e. The molecule has 0 spiro atoms. The highest BCUT2D eigenvalue weighted by atomic mass is 16.5. The summed E-state index contributed by atoms with van der Waals surface area (Å²) in [6.45, 7) is 2.79. The molecule has 0 amide bonds. The van der Waals surface area contributed by atoms with Gasteiger partial charge in [-0.05, 0) is 56.2 Å². The number of hydrogen-bond donors (Lipinski definition) is 0. The van der Waals surface area contributed by atoms with Gasteiger partial charge in [-0.15, -0.1) is 0 Å². The molecule has 138 valence electrons. The van der Waals surface area contributed by atoms with E-state index in [0.717, 1.165) is 5.56 Å². The van der Waals surface area contributed by atoms with Crippen LogP contribution in [0.1, 0.15) is 44.6 Å². The van der Waals surface area contributed by atoms with Crippen LogP contribution >= 0.6 is 0 Å². The SMILES string of the molecule is CCOC(=O)C1=CCCC(C#N)(c2ccc(OC)c(OCC3CC3)c2)C1. The van der Waals surface area contributed by atoms with E-state index in [-0.39, 0.29) is 5.97 Å². The van der Waals surface area contributed by atoms with Crippen molar-refractivity contribution in [2.24, 2.45) is 5.92 Å². The lowest BCUT2D eigenvalue weighted by Gasteiger charge is -2.31. The summed E-state index contributed by atoms with van der Waals surface area (Å²) in [4.78, 5) is 12.1. The predicted molar refractivity (Wildman–Crippen MR) is 97.1 cm³/mol. The lowest BCUT2D eigenvalue weighted by molar-refractivity contribution is -0.138. The lowest BCUT2D eigenvalue weighted by atomic mass is 9.70. The average molecular weight is 355 g/mol. The van der Waals surface area contributed by atoms with E-state index in [1.165, 1.54) is 12.8 Å². The molecule has 1 aromatic carbocycles. The van der Waals surface area contributed by atoms with Crippen molar-refractivity contribution >= 4 is 5.97 Å². The molecule has 5 heteroatoms. The highest BCUT2D eigenvalue weighted by molar-refractivity contribution is 5.89. The first-order valence-electron chi connectivity index (χ1n) is 9.20. The molecule has 0 aromatic heterocycles. The molecule has 0 heterocycles. The number of rotatable bonds is 7. The van der Waals surface area contributed by atoms with Gasteiger partial charge in [-0.1, -0.05) is 12.1 Å². The number of esters is 1. The van der Waals surface area contributed by atoms with E-state index in [1.54, 1.807) is 14.0 Å². The molecule has 0 radical (unpaired) electrons. The molecule has 1 unspecified atom stereocenters. The molecule has 5 nitrogen and oxygen atoms in total. The number of nitrogens with zero attached hydrogens (tertiary/aromatic N) is 1. The molecule has 1 aromatic rings. The van der Waals surface area contributed by atoms with Crippen LogP contribution in [0.3, 0.4) is 0 Å². The van der Waals surface area contributed by atoms with E-state index in [0.29, 0.717) is 55.5 Å². The summed E-state index contributed by atoms with van der Waals surface area (Å²) in [5, 5.41) is 9.97. The minimum atomic E-state index is -0.749. The molecule has 0 bridgehead atoms. The standard InChI is InChI=1S/C21H25NO4/c1-3-25-20(23)16-5-4-10-21(12-16,14-22)17-8-9-18(24-2)19(11-17)26-13-15-6-7-15/h5,8-9,11,15H,3-4,6-7,10,12-13H2,1-2H3. The molecular weight excluding hydrogens is 330 g/mol. The molecular formula is C21H25NO4. The zero-order chi connectivity index (χ0) is 18.6. The zero-order valence-electron chi connectivity index (χ0n) is 15.4. The van der Waals surface area contributed by atoms with E-state index >= 15 is 0 Å². The Bertz CT molecular complexity index is 745. The summed E-state index contributed by atoms with van der Waals surface area (Å²) in [7, 11) is 1.61. The van der Waals surface area contributed by atoms with Crippen molar-refractivity contribution in [1.82, 2.24) is 0 Å². The topological polar surface area (TPSA) is 68.6 Å². The van der Waals surface area contributed by atoms with Crippen LogP contribution in [-0.4, -0.2) is 26.3 Å². The van der Waals surface area contributed by atoms with E-state index in [4.69, 9.17) is 14.2 Å². The summed E-state index contributed by atoms with van der Waals surface area (Å²) in [6.07, 6.45) is 6.00. The number of methoxy groups -OCH3 is 1. The van der Waals surface area contributed by atoms with Crippen LogP contribution in [0, 0.1) is 17.2 Å². The monoisotopic (exact) mass is 355 g/mol. The molecule has 2 aliphatic rings. The molecule has 0 aliphatic heterocycles. The first-order chi connectivity index (χ1) is 12.6. The number of ether oxygens (including phenoxy) is 3. The van der Waals surface area contributed by atoms with E-state index in [1.807, 2.05) is 24.3 Å². The molecule has 0 N–H and O–H groups in total. The highest BCUT2D eigenvalue weighted by Crippen LogP contribution is 2.42. The van der Waals surface area contributed by atoms with E-state index in [2.05, 4.69) is 6.07 Å². The summed E-state index contributed by atoms with van der Waals surface area (Å²) < 4.78 is 16.5. The highest BCUT2D eigenvalue weighted by Gasteiger charge is 2.38. The quantitative estimate of drug-likeness (QED) is 0.694. The van der Waals surface area contributed by atoms with E-state index < -0.39 is 5.41 Å². The van der Waals surface area contributed by atoms with Crippen molar-refractivity contribution < 1.29 is 19.0 Å². The Hall–Kier alpha value is -2.48. The van der Waals surface area contributed by atoms with Gasteiger partial charge >= 0.3 is 5.97 Å². The predicted octanol–water partition coefficient (Wildman–Crippen LogP) is 3.92. The summed E-state index contributed by atoms with van der Waals surface area (Å²) >= 11 is 0. The van der Waals surface area contributed by atoms with Gasteiger partial charge in [-0.3, -0.25) is 0 Å². The Balaban J connectivity index is 1.87. The minimum Gasteiger partial charge on any atom is -0.493 e. The fraction of sp³-hybridized carbons (Fsp3) is 0.524. The molecule has 2 aliphatic carbocycles. The zero-order valence-corrected chi connectivity index (χ0v) is 15.4. The van der Waals surface area contributed by atoms with Crippen molar-refractivity contribution in [1.29, 1.82) is 5.26 Å². The maximum Gasteiger partial charge on any atom is 0.333 e. The Labute approximate surface area is 154 Å². The molecule has 1 atom stereocenters. The van der Waals surface area contributed by atoms with Crippen LogP contribution in [-0.2, 0) is 14.9 Å². The van der Waals surface area contributed by atoms with Gasteiger partial charge in [-0.2, -0.15) is 5.26 Å². The molecule has 3 rings (SSSR count). The van der Waals surface area contributed by atoms with Gasteiger partial charge in [0.25, 0.3) is 0 Å². The van der Waals surface area contributed by atoms with Crippen molar-refractivity contribution in [2.45, 2.75) is 44.4 Å². The van der Waals surface area contributed by atoms with Gasteiger partial charge in [0.15, 0.2) is 11.5 Å². The Kier molecular flexibility index (Phi) is 5.51. The fourth-order valence-corrected chi connectivity index (χ4v) is 3.34. The molecule has 1 saturated carbocycles. The first-order valence-corrected chi connectivity index (χ1v) is 9.20. The van der Waals surface area contributed by atoms with Gasteiger partial charge in [0.05, 0.1) is 31.8 Å².